The van der Waals surface area contributed by atoms with Gasteiger partial charge in [-0.1, -0.05) is 37.3 Å². The smallest absolute Gasteiger partial charge is 0.323 e. The highest BCUT2D eigenvalue weighted by atomic mass is 19.1. The van der Waals surface area contributed by atoms with E-state index in [1.165, 1.54) is 24.3 Å². The van der Waals surface area contributed by atoms with Gasteiger partial charge >= 0.3 is 6.03 Å². The van der Waals surface area contributed by atoms with E-state index >= 15 is 0 Å². The summed E-state index contributed by atoms with van der Waals surface area (Å²) in [5.74, 6) is 1.52. The van der Waals surface area contributed by atoms with Crippen molar-refractivity contribution in [3.63, 3.8) is 0 Å². The summed E-state index contributed by atoms with van der Waals surface area (Å²) in [5.41, 5.74) is 2.66. The number of fused-ring (bicyclic) bond motifs is 1. The highest BCUT2D eigenvalue weighted by Gasteiger charge is 2.31. The molecule has 0 fully saturated rings. The number of aliphatic hydroxyl groups excluding tert-OH is 1. The molecule has 47 heavy (non-hydrogen) atoms. The monoisotopic (exact) mass is 640 g/mol. The lowest BCUT2D eigenvalue weighted by atomic mass is 10.0. The molecule has 0 radical (unpaired) electrons. The van der Waals surface area contributed by atoms with E-state index in [-0.39, 0.29) is 37.0 Å². The number of para-hydroxylation sites is 1. The summed E-state index contributed by atoms with van der Waals surface area (Å²) in [6, 6.07) is 27.5. The van der Waals surface area contributed by atoms with Crippen LogP contribution in [-0.2, 0) is 17.8 Å². The number of aliphatic hydroxyl groups is 1. The maximum absolute atomic E-state index is 13.6. The Bertz CT molecular complexity index is 1640. The average molecular weight is 641 g/mol. The van der Waals surface area contributed by atoms with E-state index in [1.807, 2.05) is 68.6 Å². The van der Waals surface area contributed by atoms with Crippen LogP contribution >= 0.6 is 0 Å². The lowest BCUT2D eigenvalue weighted by Crippen LogP contribution is -2.47. The van der Waals surface area contributed by atoms with E-state index in [9.17, 15) is 19.1 Å². The summed E-state index contributed by atoms with van der Waals surface area (Å²) in [6.45, 7) is 5.40. The van der Waals surface area contributed by atoms with Crippen LogP contribution in [-0.4, -0.2) is 65.7 Å². The molecule has 3 atom stereocenters. The molecule has 0 saturated carbocycles. The molecular weight excluding hydrogens is 599 g/mol. The number of nitrogens with zero attached hydrogens (tertiary/aromatic N) is 2. The van der Waals surface area contributed by atoms with Crippen molar-refractivity contribution in [3.05, 3.63) is 114 Å². The molecule has 10 heteroatoms. The summed E-state index contributed by atoms with van der Waals surface area (Å²) in [4.78, 5) is 30.1. The second-order valence-electron chi connectivity index (χ2n) is 12.1. The highest BCUT2D eigenvalue weighted by Crippen LogP contribution is 2.30. The Morgan fingerprint density at radius 1 is 1.00 bits per heavy atom. The molecule has 0 spiro atoms. The number of halogens is 1. The molecule has 0 aromatic heterocycles. The molecular formula is C37H41FN4O5. The maximum atomic E-state index is 13.6. The van der Waals surface area contributed by atoms with Gasteiger partial charge in [-0.2, -0.15) is 0 Å². The standard InChI is InChI=1S/C37H41FN4O5/c1-25-21-42(26(2)24-43)36(44)20-28-19-31(40-37(45)39-30-13-11-29(38)12-14-30)15-18-34(28)47-35(25)23-41(3)22-27-9-16-33(17-10-27)46-32-7-5-4-6-8-32/h4-19,25-26,35,43H,20-24H2,1-3H3,(H2,39,40,45)/t25-,26-,35+/m1/s1. The number of carbonyl (C=O) groups excluding carboxylic acids is 2. The first-order valence-corrected chi connectivity index (χ1v) is 15.7. The number of urea groups is 1. The SMILES string of the molecule is C[C@@H]1CN([C@H](C)CO)C(=O)Cc2cc(NC(=O)Nc3ccc(F)cc3)ccc2O[C@H]1CN(C)Cc1ccc(Oc2ccccc2)cc1. The Morgan fingerprint density at radius 2 is 1.66 bits per heavy atom. The van der Waals surface area contributed by atoms with Gasteiger partial charge in [0.1, 0.15) is 29.2 Å². The summed E-state index contributed by atoms with van der Waals surface area (Å²) < 4.78 is 25.8. The molecule has 3 N–H and O–H groups in total. The predicted molar refractivity (Wildman–Crippen MR) is 180 cm³/mol. The van der Waals surface area contributed by atoms with Crippen molar-refractivity contribution in [1.29, 1.82) is 0 Å². The minimum Gasteiger partial charge on any atom is -0.488 e. The molecule has 4 aromatic carbocycles. The summed E-state index contributed by atoms with van der Waals surface area (Å²) >= 11 is 0. The third-order valence-electron chi connectivity index (χ3n) is 8.12. The number of benzene rings is 4. The van der Waals surface area contributed by atoms with Gasteiger partial charge in [-0.15, -0.1) is 0 Å². The zero-order valence-corrected chi connectivity index (χ0v) is 26.9. The number of ether oxygens (including phenoxy) is 2. The molecule has 0 unspecified atom stereocenters. The zero-order chi connectivity index (χ0) is 33.3. The van der Waals surface area contributed by atoms with Crippen LogP contribution in [0.25, 0.3) is 0 Å². The lowest BCUT2D eigenvalue weighted by Gasteiger charge is -2.34. The molecule has 4 aromatic rings. The van der Waals surface area contributed by atoms with E-state index in [0.29, 0.717) is 42.3 Å². The van der Waals surface area contributed by atoms with E-state index in [2.05, 4.69) is 22.5 Å². The van der Waals surface area contributed by atoms with Gasteiger partial charge in [0.05, 0.1) is 19.1 Å². The number of nitrogens with one attached hydrogen (secondary N) is 2. The van der Waals surface area contributed by atoms with E-state index in [1.54, 1.807) is 23.1 Å². The Labute approximate surface area is 274 Å². The normalized spacial score (nSPS) is 17.1. The molecule has 0 saturated heterocycles. The summed E-state index contributed by atoms with van der Waals surface area (Å²) in [6.07, 6.45) is -0.235. The summed E-state index contributed by atoms with van der Waals surface area (Å²) in [7, 11) is 2.03. The lowest BCUT2D eigenvalue weighted by molar-refractivity contribution is -0.134. The Morgan fingerprint density at radius 3 is 2.36 bits per heavy atom. The Balaban J connectivity index is 1.30. The number of likely N-dealkylation sites (N-methyl/N-ethyl adjacent to an activating group) is 1. The topological polar surface area (TPSA) is 103 Å². The van der Waals surface area contributed by atoms with Crippen molar-refractivity contribution in [3.8, 4) is 17.2 Å². The number of carbonyl (C=O) groups is 2. The van der Waals surface area contributed by atoms with Crippen molar-refractivity contribution in [2.24, 2.45) is 5.92 Å². The van der Waals surface area contributed by atoms with Gasteiger partial charge in [0.15, 0.2) is 0 Å². The van der Waals surface area contributed by atoms with E-state index < -0.39 is 11.8 Å². The largest absolute Gasteiger partial charge is 0.488 e. The van der Waals surface area contributed by atoms with Gasteiger partial charge in [-0.05, 0) is 86.3 Å². The molecule has 1 aliphatic rings. The fourth-order valence-electron chi connectivity index (χ4n) is 5.52. The second-order valence-corrected chi connectivity index (χ2v) is 12.1. The number of hydrogen-bond acceptors (Lipinski definition) is 6. The first-order chi connectivity index (χ1) is 22.7. The van der Waals surface area contributed by atoms with Crippen LogP contribution in [0.1, 0.15) is 25.0 Å². The van der Waals surface area contributed by atoms with Crippen LogP contribution in [0.15, 0.2) is 97.1 Å². The average Bonchev–Trinajstić information content (AvgIpc) is 3.10. The second kappa shape index (κ2) is 15.6. The summed E-state index contributed by atoms with van der Waals surface area (Å²) in [5, 5.41) is 15.4. The van der Waals surface area contributed by atoms with Crippen molar-refractivity contribution in [2.75, 3.05) is 37.4 Å². The van der Waals surface area contributed by atoms with Crippen LogP contribution < -0.4 is 20.1 Å². The van der Waals surface area contributed by atoms with Crippen molar-refractivity contribution in [1.82, 2.24) is 9.80 Å². The first-order valence-electron chi connectivity index (χ1n) is 15.7. The Hall–Kier alpha value is -4.93. The number of rotatable bonds is 10. The van der Waals surface area contributed by atoms with Crippen molar-refractivity contribution < 1.29 is 28.6 Å². The van der Waals surface area contributed by atoms with Gasteiger partial charge in [0, 0.05) is 42.5 Å². The van der Waals surface area contributed by atoms with Crippen LogP contribution in [0.3, 0.4) is 0 Å². The molecule has 3 amide bonds. The van der Waals surface area contributed by atoms with Gasteiger partial charge in [-0.3, -0.25) is 9.69 Å². The molecule has 9 nitrogen and oxygen atoms in total. The van der Waals surface area contributed by atoms with Gasteiger partial charge < -0.3 is 30.1 Å². The van der Waals surface area contributed by atoms with Crippen LogP contribution in [0.5, 0.6) is 17.2 Å². The molecule has 0 bridgehead atoms. The molecule has 0 aliphatic carbocycles. The van der Waals surface area contributed by atoms with Gasteiger partial charge in [0.2, 0.25) is 5.91 Å². The minimum absolute atomic E-state index is 0.0431. The van der Waals surface area contributed by atoms with Crippen LogP contribution in [0.4, 0.5) is 20.6 Å². The first kappa shape index (κ1) is 33.4. The van der Waals surface area contributed by atoms with Gasteiger partial charge in [0.25, 0.3) is 0 Å². The molecule has 5 rings (SSSR count). The third-order valence-corrected chi connectivity index (χ3v) is 8.12. The van der Waals surface area contributed by atoms with Crippen molar-refractivity contribution >= 4 is 23.3 Å². The quantitative estimate of drug-likeness (QED) is 0.182. The zero-order valence-electron chi connectivity index (χ0n) is 26.9. The van der Waals surface area contributed by atoms with Gasteiger partial charge in [-0.25, -0.2) is 9.18 Å². The molecule has 1 heterocycles. The fraction of sp³-hybridized carbons (Fsp3) is 0.297. The third kappa shape index (κ3) is 9.31. The fourth-order valence-corrected chi connectivity index (χ4v) is 5.52. The maximum Gasteiger partial charge on any atom is 0.323 e. The Kier molecular flexibility index (Phi) is 11.1. The van der Waals surface area contributed by atoms with E-state index in [0.717, 1.165) is 17.1 Å². The van der Waals surface area contributed by atoms with Crippen LogP contribution in [0.2, 0.25) is 0 Å². The highest BCUT2D eigenvalue weighted by molar-refractivity contribution is 6.00. The van der Waals surface area contributed by atoms with E-state index in [4.69, 9.17) is 9.47 Å². The number of hydrogen-bond donors (Lipinski definition) is 3. The number of anilines is 2. The molecule has 1 aliphatic heterocycles. The minimum atomic E-state index is -0.504. The number of amides is 3. The van der Waals surface area contributed by atoms with Crippen molar-refractivity contribution in [2.45, 2.75) is 39.0 Å². The predicted octanol–water partition coefficient (Wildman–Crippen LogP) is 6.54. The van der Waals surface area contributed by atoms with Crippen LogP contribution in [0, 0.1) is 11.7 Å². The molecule has 246 valence electrons.